The first-order chi connectivity index (χ1) is 9.22. The van der Waals surface area contributed by atoms with Crippen molar-refractivity contribution >= 4 is 0 Å². The Morgan fingerprint density at radius 2 is 1.84 bits per heavy atom. The van der Waals surface area contributed by atoms with Crippen molar-refractivity contribution in [2.75, 3.05) is 0 Å². The molecule has 0 saturated carbocycles. The molecule has 1 unspecified atom stereocenters. The normalized spacial score (nSPS) is 12.1. The van der Waals surface area contributed by atoms with E-state index < -0.39 is 0 Å². The first-order valence-corrected chi connectivity index (χ1v) is 6.54. The molecule has 2 rings (SSSR count). The maximum absolute atomic E-state index is 8.77. The van der Waals surface area contributed by atoms with Crippen LogP contribution in [0.1, 0.15) is 42.5 Å². The molecule has 1 atom stereocenters. The Bertz CT molecular complexity index is 563. The van der Waals surface area contributed by atoms with Gasteiger partial charge in [-0.15, -0.1) is 0 Å². The minimum Gasteiger partial charge on any atom is -0.465 e. The van der Waals surface area contributed by atoms with Crippen LogP contribution in [0.15, 0.2) is 40.8 Å². The van der Waals surface area contributed by atoms with Crippen LogP contribution < -0.4 is 5.32 Å². The van der Waals surface area contributed by atoms with E-state index in [4.69, 9.17) is 9.68 Å². The summed E-state index contributed by atoms with van der Waals surface area (Å²) in [5, 5.41) is 12.2. The smallest absolute Gasteiger partial charge is 0.117 e. The number of benzene rings is 1. The van der Waals surface area contributed by atoms with Crippen LogP contribution in [-0.2, 0) is 13.0 Å². The van der Waals surface area contributed by atoms with Crippen molar-refractivity contribution < 1.29 is 4.42 Å². The molecule has 0 spiro atoms. The Kier molecular flexibility index (Phi) is 4.38. The van der Waals surface area contributed by atoms with Crippen LogP contribution in [0.4, 0.5) is 0 Å². The highest BCUT2D eigenvalue weighted by Gasteiger charge is 2.06. The molecule has 0 aliphatic rings. The zero-order valence-corrected chi connectivity index (χ0v) is 11.3. The molecule has 0 aliphatic carbocycles. The fourth-order valence-electron chi connectivity index (χ4n) is 1.93. The largest absolute Gasteiger partial charge is 0.465 e. The molecule has 0 radical (unpaired) electrons. The van der Waals surface area contributed by atoms with Gasteiger partial charge in [-0.25, -0.2) is 0 Å². The highest BCUT2D eigenvalue weighted by atomic mass is 16.3. The standard InChI is InChI=1S/C16H18N2O/c1-3-15-8-9-16(19-15)11-18-12(2)14-6-4-13(10-17)5-7-14/h4-9,12,18H,3,11H2,1-2H3. The van der Waals surface area contributed by atoms with Gasteiger partial charge in [0.25, 0.3) is 0 Å². The average molecular weight is 254 g/mol. The van der Waals surface area contributed by atoms with Crippen molar-refractivity contribution in [3.05, 3.63) is 59.0 Å². The van der Waals surface area contributed by atoms with E-state index in [0.717, 1.165) is 17.9 Å². The summed E-state index contributed by atoms with van der Waals surface area (Å²) in [6.45, 7) is 4.89. The van der Waals surface area contributed by atoms with Gasteiger partial charge in [0.05, 0.1) is 18.2 Å². The molecule has 0 bridgehead atoms. The SMILES string of the molecule is CCc1ccc(CNC(C)c2ccc(C#N)cc2)o1. The number of nitrogens with zero attached hydrogens (tertiary/aromatic N) is 1. The Labute approximate surface area is 113 Å². The summed E-state index contributed by atoms with van der Waals surface area (Å²) in [5.74, 6) is 1.97. The van der Waals surface area contributed by atoms with E-state index in [9.17, 15) is 0 Å². The predicted octanol–water partition coefficient (Wildman–Crippen LogP) is 3.56. The van der Waals surface area contributed by atoms with Crippen molar-refractivity contribution in [3.8, 4) is 6.07 Å². The van der Waals surface area contributed by atoms with Crippen LogP contribution in [0, 0.1) is 11.3 Å². The third kappa shape index (κ3) is 3.46. The van der Waals surface area contributed by atoms with Crippen molar-refractivity contribution in [2.24, 2.45) is 0 Å². The average Bonchev–Trinajstić information content (AvgIpc) is 2.93. The van der Waals surface area contributed by atoms with Gasteiger partial charge in [0.15, 0.2) is 0 Å². The molecular weight excluding hydrogens is 236 g/mol. The quantitative estimate of drug-likeness (QED) is 0.887. The van der Waals surface area contributed by atoms with Crippen molar-refractivity contribution in [2.45, 2.75) is 32.9 Å². The number of nitriles is 1. The molecule has 1 aromatic heterocycles. The van der Waals surface area contributed by atoms with E-state index in [1.165, 1.54) is 5.56 Å². The molecule has 1 heterocycles. The van der Waals surface area contributed by atoms with Crippen LogP contribution >= 0.6 is 0 Å². The molecule has 3 heteroatoms. The number of aryl methyl sites for hydroxylation is 1. The fourth-order valence-corrected chi connectivity index (χ4v) is 1.93. The van der Waals surface area contributed by atoms with Gasteiger partial charge in [0.2, 0.25) is 0 Å². The Hall–Kier alpha value is -2.05. The lowest BCUT2D eigenvalue weighted by atomic mass is 10.1. The van der Waals surface area contributed by atoms with E-state index in [1.807, 2.05) is 36.4 Å². The summed E-state index contributed by atoms with van der Waals surface area (Å²) in [6.07, 6.45) is 0.922. The zero-order valence-electron chi connectivity index (χ0n) is 11.3. The van der Waals surface area contributed by atoms with Crippen molar-refractivity contribution in [1.82, 2.24) is 5.32 Å². The predicted molar refractivity (Wildman–Crippen MR) is 74.5 cm³/mol. The minimum absolute atomic E-state index is 0.225. The summed E-state index contributed by atoms with van der Waals surface area (Å²) in [4.78, 5) is 0. The molecular formula is C16H18N2O. The monoisotopic (exact) mass is 254 g/mol. The molecule has 2 aromatic rings. The lowest BCUT2D eigenvalue weighted by molar-refractivity contribution is 0.435. The van der Waals surface area contributed by atoms with Crippen LogP contribution in [-0.4, -0.2) is 0 Å². The Morgan fingerprint density at radius 1 is 1.16 bits per heavy atom. The third-order valence-corrected chi connectivity index (χ3v) is 3.19. The van der Waals surface area contributed by atoms with E-state index in [-0.39, 0.29) is 6.04 Å². The fraction of sp³-hybridized carbons (Fsp3) is 0.312. The molecule has 98 valence electrons. The second-order valence-electron chi connectivity index (χ2n) is 4.56. The van der Waals surface area contributed by atoms with E-state index in [2.05, 4.69) is 25.2 Å². The van der Waals surface area contributed by atoms with Gasteiger partial charge in [-0.2, -0.15) is 5.26 Å². The minimum atomic E-state index is 0.225. The van der Waals surface area contributed by atoms with Gasteiger partial charge >= 0.3 is 0 Å². The Morgan fingerprint density at radius 3 is 2.42 bits per heavy atom. The number of furan rings is 1. The highest BCUT2D eigenvalue weighted by molar-refractivity contribution is 5.32. The summed E-state index contributed by atoms with van der Waals surface area (Å²) in [6, 6.07) is 14.0. The van der Waals surface area contributed by atoms with Gasteiger partial charge in [-0.1, -0.05) is 19.1 Å². The molecule has 19 heavy (non-hydrogen) atoms. The van der Waals surface area contributed by atoms with E-state index in [0.29, 0.717) is 12.1 Å². The van der Waals surface area contributed by atoms with Gasteiger partial charge in [0.1, 0.15) is 11.5 Å². The van der Waals surface area contributed by atoms with E-state index in [1.54, 1.807) is 0 Å². The number of rotatable bonds is 5. The van der Waals surface area contributed by atoms with Crippen LogP contribution in [0.3, 0.4) is 0 Å². The maximum atomic E-state index is 8.77. The lowest BCUT2D eigenvalue weighted by Gasteiger charge is -2.13. The Balaban J connectivity index is 1.93. The number of hydrogen-bond acceptors (Lipinski definition) is 3. The number of nitrogens with one attached hydrogen (secondary N) is 1. The first kappa shape index (κ1) is 13.4. The molecule has 0 fully saturated rings. The second kappa shape index (κ2) is 6.21. The summed E-state index contributed by atoms with van der Waals surface area (Å²) < 4.78 is 5.65. The maximum Gasteiger partial charge on any atom is 0.117 e. The van der Waals surface area contributed by atoms with Crippen LogP contribution in [0.5, 0.6) is 0 Å². The second-order valence-corrected chi connectivity index (χ2v) is 4.56. The zero-order chi connectivity index (χ0) is 13.7. The van der Waals surface area contributed by atoms with Crippen molar-refractivity contribution in [3.63, 3.8) is 0 Å². The molecule has 0 saturated heterocycles. The van der Waals surface area contributed by atoms with Gasteiger partial charge in [-0.05, 0) is 36.8 Å². The number of hydrogen-bond donors (Lipinski definition) is 1. The highest BCUT2D eigenvalue weighted by Crippen LogP contribution is 2.15. The summed E-state index contributed by atoms with van der Waals surface area (Å²) in [7, 11) is 0. The topological polar surface area (TPSA) is 49.0 Å². The van der Waals surface area contributed by atoms with Gasteiger partial charge < -0.3 is 9.73 Å². The summed E-state index contributed by atoms with van der Waals surface area (Å²) in [5.41, 5.74) is 1.86. The first-order valence-electron chi connectivity index (χ1n) is 6.54. The van der Waals surface area contributed by atoms with Crippen LogP contribution in [0.2, 0.25) is 0 Å². The van der Waals surface area contributed by atoms with Crippen LogP contribution in [0.25, 0.3) is 0 Å². The lowest BCUT2D eigenvalue weighted by Crippen LogP contribution is -2.17. The molecule has 0 aliphatic heterocycles. The van der Waals surface area contributed by atoms with Crippen molar-refractivity contribution in [1.29, 1.82) is 5.26 Å². The molecule has 1 N–H and O–H groups in total. The molecule has 3 nitrogen and oxygen atoms in total. The molecule has 0 amide bonds. The van der Waals surface area contributed by atoms with E-state index >= 15 is 0 Å². The van der Waals surface area contributed by atoms with Gasteiger partial charge in [0, 0.05) is 12.5 Å². The molecule has 1 aromatic carbocycles. The van der Waals surface area contributed by atoms with Gasteiger partial charge in [-0.3, -0.25) is 0 Å². The third-order valence-electron chi connectivity index (χ3n) is 3.19. The summed E-state index contributed by atoms with van der Waals surface area (Å²) >= 11 is 0.